The summed E-state index contributed by atoms with van der Waals surface area (Å²) in [5.74, 6) is -1.16. The van der Waals surface area contributed by atoms with E-state index in [-0.39, 0.29) is 11.8 Å². The topological polar surface area (TPSA) is 57.5 Å². The average Bonchev–Trinajstić information content (AvgIpc) is 2.07. The Morgan fingerprint density at radius 3 is 2.83 bits per heavy atom. The molecular weight excluding hydrogens is 156 g/mol. The summed E-state index contributed by atoms with van der Waals surface area (Å²) in [6.45, 7) is 0. The van der Waals surface area contributed by atoms with Gasteiger partial charge in [-0.3, -0.25) is 0 Å². The summed E-state index contributed by atoms with van der Waals surface area (Å²) >= 11 is 0. The SMILES string of the molecule is [2H]c1cc(C=CC(=O)O)ccc1O. The van der Waals surface area contributed by atoms with Gasteiger partial charge in [0.2, 0.25) is 0 Å². The quantitative estimate of drug-likeness (QED) is 0.653. The predicted molar refractivity (Wildman–Crippen MR) is 44.8 cm³/mol. The molecular formula is C9H8O3. The van der Waals surface area contributed by atoms with Crippen molar-refractivity contribution in [3.63, 3.8) is 0 Å². The maximum atomic E-state index is 10.1. The Hall–Kier alpha value is -1.77. The zero-order valence-electron chi connectivity index (χ0n) is 7.19. The lowest BCUT2D eigenvalue weighted by molar-refractivity contribution is -0.131. The molecule has 0 saturated carbocycles. The second-order valence-electron chi connectivity index (χ2n) is 2.18. The number of hydrogen-bond donors (Lipinski definition) is 2. The van der Waals surface area contributed by atoms with Crippen LogP contribution in [0, 0.1) is 0 Å². The van der Waals surface area contributed by atoms with Crippen LogP contribution in [-0.4, -0.2) is 16.2 Å². The summed E-state index contributed by atoms with van der Waals surface area (Å²) in [5.41, 5.74) is 0.574. The number of phenolic OH excluding ortho intramolecular Hbond substituents is 1. The van der Waals surface area contributed by atoms with Gasteiger partial charge in [0, 0.05) is 6.08 Å². The van der Waals surface area contributed by atoms with Crippen LogP contribution in [0.3, 0.4) is 0 Å². The average molecular weight is 165 g/mol. The molecule has 0 unspecified atom stereocenters. The highest BCUT2D eigenvalue weighted by molar-refractivity contribution is 5.85. The fourth-order valence-electron chi connectivity index (χ4n) is 0.700. The van der Waals surface area contributed by atoms with E-state index in [1.165, 1.54) is 24.3 Å². The fraction of sp³-hybridized carbons (Fsp3) is 0. The molecule has 0 radical (unpaired) electrons. The van der Waals surface area contributed by atoms with Gasteiger partial charge in [-0.1, -0.05) is 12.1 Å². The van der Waals surface area contributed by atoms with Crippen molar-refractivity contribution in [1.29, 1.82) is 0 Å². The maximum absolute atomic E-state index is 10.1. The van der Waals surface area contributed by atoms with E-state index >= 15 is 0 Å². The Morgan fingerprint density at radius 2 is 2.25 bits per heavy atom. The zero-order chi connectivity index (χ0) is 9.84. The van der Waals surface area contributed by atoms with Crippen molar-refractivity contribution in [2.45, 2.75) is 0 Å². The van der Waals surface area contributed by atoms with E-state index < -0.39 is 5.97 Å². The molecule has 0 fully saturated rings. The predicted octanol–water partition coefficient (Wildman–Crippen LogP) is 1.49. The van der Waals surface area contributed by atoms with Gasteiger partial charge < -0.3 is 10.2 Å². The van der Waals surface area contributed by atoms with E-state index in [1.807, 2.05) is 0 Å². The molecule has 3 nitrogen and oxygen atoms in total. The van der Waals surface area contributed by atoms with Crippen LogP contribution in [0.25, 0.3) is 6.08 Å². The lowest BCUT2D eigenvalue weighted by atomic mass is 10.2. The molecule has 0 spiro atoms. The first-order chi connectivity index (χ1) is 6.09. The van der Waals surface area contributed by atoms with E-state index in [1.54, 1.807) is 0 Å². The van der Waals surface area contributed by atoms with Gasteiger partial charge in [-0.25, -0.2) is 4.79 Å². The van der Waals surface area contributed by atoms with Crippen LogP contribution in [0.1, 0.15) is 6.93 Å². The minimum absolute atomic E-state index is 0.0208. The van der Waals surface area contributed by atoms with Gasteiger partial charge in [0.1, 0.15) is 5.75 Å². The molecule has 0 bridgehead atoms. The van der Waals surface area contributed by atoms with Crippen LogP contribution < -0.4 is 0 Å². The molecule has 1 rings (SSSR count). The van der Waals surface area contributed by atoms with E-state index in [9.17, 15) is 4.79 Å². The number of phenols is 1. The van der Waals surface area contributed by atoms with Gasteiger partial charge in [-0.05, 0) is 23.7 Å². The van der Waals surface area contributed by atoms with Gasteiger partial charge >= 0.3 is 5.97 Å². The Morgan fingerprint density at radius 1 is 1.50 bits per heavy atom. The molecule has 1 aromatic rings. The Bertz CT molecular complexity index is 358. The van der Waals surface area contributed by atoms with Crippen LogP contribution in [0.4, 0.5) is 0 Å². The molecule has 0 heterocycles. The van der Waals surface area contributed by atoms with Gasteiger partial charge in [0.25, 0.3) is 0 Å². The summed E-state index contributed by atoms with van der Waals surface area (Å²) in [6.07, 6.45) is 2.34. The molecule has 3 heteroatoms. The number of carboxylic acids is 1. The monoisotopic (exact) mass is 165 g/mol. The lowest BCUT2D eigenvalue weighted by Crippen LogP contribution is -1.85. The number of hydrogen-bond acceptors (Lipinski definition) is 2. The minimum Gasteiger partial charge on any atom is -0.508 e. The zero-order valence-corrected chi connectivity index (χ0v) is 6.19. The van der Waals surface area contributed by atoms with Crippen LogP contribution in [0.2, 0.25) is 0 Å². The summed E-state index contributed by atoms with van der Waals surface area (Å²) < 4.78 is 7.21. The van der Waals surface area contributed by atoms with Gasteiger partial charge in [-0.15, -0.1) is 0 Å². The first-order valence-corrected chi connectivity index (χ1v) is 3.30. The molecule has 0 aromatic heterocycles. The molecule has 0 atom stereocenters. The van der Waals surface area contributed by atoms with Crippen LogP contribution in [0.15, 0.2) is 30.3 Å². The fourth-order valence-corrected chi connectivity index (χ4v) is 0.700. The molecule has 0 aliphatic rings. The number of benzene rings is 1. The Kier molecular flexibility index (Phi) is 2.06. The summed E-state index contributed by atoms with van der Waals surface area (Å²) in [6, 6.07) is 4.25. The molecule has 0 amide bonds. The maximum Gasteiger partial charge on any atom is 0.328 e. The van der Waals surface area contributed by atoms with Crippen molar-refractivity contribution in [2.24, 2.45) is 0 Å². The largest absolute Gasteiger partial charge is 0.508 e. The molecule has 12 heavy (non-hydrogen) atoms. The third kappa shape index (κ3) is 2.46. The summed E-state index contributed by atoms with van der Waals surface area (Å²) in [5, 5.41) is 17.3. The smallest absolute Gasteiger partial charge is 0.328 e. The second kappa shape index (κ2) is 3.57. The highest BCUT2D eigenvalue weighted by atomic mass is 16.4. The van der Waals surface area contributed by atoms with E-state index in [0.29, 0.717) is 5.56 Å². The first-order valence-electron chi connectivity index (χ1n) is 3.80. The number of rotatable bonds is 2. The Balaban J connectivity index is 2.92. The third-order valence-electron chi connectivity index (χ3n) is 1.24. The number of aliphatic carboxylic acids is 1. The van der Waals surface area contributed by atoms with Crippen molar-refractivity contribution < 1.29 is 16.4 Å². The highest BCUT2D eigenvalue weighted by Crippen LogP contribution is 2.10. The van der Waals surface area contributed by atoms with Gasteiger partial charge in [0.15, 0.2) is 0 Å². The second-order valence-corrected chi connectivity index (χ2v) is 2.18. The van der Waals surface area contributed by atoms with Crippen molar-refractivity contribution >= 4 is 12.0 Å². The number of aromatic hydroxyl groups is 1. The van der Waals surface area contributed by atoms with Gasteiger partial charge in [-0.2, -0.15) is 0 Å². The molecule has 0 aliphatic carbocycles. The molecule has 1 aromatic carbocycles. The minimum atomic E-state index is -1.04. The standard InChI is InChI=1S/C9H8O3/c10-8-4-1-7(2-5-8)3-6-9(11)12/h1-6,10H,(H,11,12)/i4D. The van der Waals surface area contributed by atoms with Crippen molar-refractivity contribution in [1.82, 2.24) is 0 Å². The first kappa shape index (κ1) is 6.91. The molecule has 0 saturated heterocycles. The van der Waals surface area contributed by atoms with Crippen LogP contribution in [-0.2, 0) is 4.79 Å². The van der Waals surface area contributed by atoms with Crippen LogP contribution >= 0.6 is 0 Å². The Labute approximate surface area is 71.0 Å². The summed E-state index contributed by atoms with van der Waals surface area (Å²) in [7, 11) is 0. The number of carboxylic acid groups (broad SMARTS) is 1. The van der Waals surface area contributed by atoms with Gasteiger partial charge in [0.05, 0.1) is 1.37 Å². The van der Waals surface area contributed by atoms with E-state index in [0.717, 1.165) is 6.08 Å². The van der Waals surface area contributed by atoms with Crippen molar-refractivity contribution in [3.05, 3.63) is 35.9 Å². The summed E-state index contributed by atoms with van der Waals surface area (Å²) in [4.78, 5) is 10.1. The van der Waals surface area contributed by atoms with E-state index in [4.69, 9.17) is 11.6 Å². The third-order valence-corrected chi connectivity index (χ3v) is 1.24. The normalized spacial score (nSPS) is 11.5. The van der Waals surface area contributed by atoms with Crippen molar-refractivity contribution in [2.75, 3.05) is 0 Å². The molecule has 2 N–H and O–H groups in total. The van der Waals surface area contributed by atoms with Crippen LogP contribution in [0.5, 0.6) is 5.75 Å². The number of carbonyl (C=O) groups is 1. The van der Waals surface area contributed by atoms with E-state index in [2.05, 4.69) is 0 Å². The van der Waals surface area contributed by atoms with Crippen molar-refractivity contribution in [3.8, 4) is 5.75 Å². The molecule has 62 valence electrons. The molecule has 0 aliphatic heterocycles. The highest BCUT2D eigenvalue weighted by Gasteiger charge is 1.89. The lowest BCUT2D eigenvalue weighted by Gasteiger charge is -1.92.